The summed E-state index contributed by atoms with van der Waals surface area (Å²) in [5, 5.41) is 4.88. The molecule has 1 N–H and O–H groups in total. The third-order valence-electron chi connectivity index (χ3n) is 5.31. The molecule has 2 fully saturated rings. The normalized spacial score (nSPS) is 21.8. The summed E-state index contributed by atoms with van der Waals surface area (Å²) in [6.45, 7) is 5.97. The maximum absolute atomic E-state index is 6.19. The molecule has 3 rings (SSSR count). The number of benzene rings is 1. The lowest BCUT2D eigenvalue weighted by atomic mass is 10.0. The predicted molar refractivity (Wildman–Crippen MR) is 109 cm³/mol. The van der Waals surface area contributed by atoms with E-state index >= 15 is 0 Å². The van der Waals surface area contributed by atoms with Gasteiger partial charge in [-0.05, 0) is 69.6 Å². The van der Waals surface area contributed by atoms with Crippen LogP contribution in [0.25, 0.3) is 0 Å². The fourth-order valence-corrected chi connectivity index (χ4v) is 4.12. The molecule has 0 bridgehead atoms. The maximum atomic E-state index is 6.19. The molecule has 0 unspecified atom stereocenters. The Labute approximate surface area is 161 Å². The average molecular weight is 382 g/mol. The molecule has 1 aromatic rings. The van der Waals surface area contributed by atoms with Gasteiger partial charge >= 0.3 is 0 Å². The summed E-state index contributed by atoms with van der Waals surface area (Å²) in [5.74, 6) is 0. The molecule has 1 atom stereocenters. The zero-order chi connectivity index (χ0) is 17.8. The third kappa shape index (κ3) is 5.07. The smallest absolute Gasteiger partial charge is 0.173 e. The van der Waals surface area contributed by atoms with E-state index in [0.29, 0.717) is 12.1 Å². The van der Waals surface area contributed by atoms with Gasteiger partial charge in [0.05, 0.1) is 6.10 Å². The molecule has 2 aliphatic rings. The van der Waals surface area contributed by atoms with Crippen LogP contribution in [-0.4, -0.2) is 60.3 Å². The van der Waals surface area contributed by atoms with Gasteiger partial charge in [-0.25, -0.2) is 0 Å². The highest BCUT2D eigenvalue weighted by molar-refractivity contribution is 7.80. The number of thiocarbonyl (C=S) groups is 1. The maximum Gasteiger partial charge on any atom is 0.173 e. The molecule has 0 aromatic heterocycles. The first-order valence-corrected chi connectivity index (χ1v) is 9.95. The fraction of sp³-hybridized carbons (Fsp3) is 0.632. The number of hydrogen-bond donors (Lipinski definition) is 1. The molecule has 0 saturated carbocycles. The van der Waals surface area contributed by atoms with Crippen molar-refractivity contribution in [1.29, 1.82) is 0 Å². The van der Waals surface area contributed by atoms with E-state index in [4.69, 9.17) is 28.6 Å². The Balaban J connectivity index is 1.46. The molecular formula is C19H28ClN3OS. The Kier molecular flexibility index (Phi) is 6.55. The molecule has 0 amide bonds. The van der Waals surface area contributed by atoms with Gasteiger partial charge in [0.15, 0.2) is 5.11 Å². The molecule has 6 heteroatoms. The average Bonchev–Trinajstić information content (AvgIpc) is 3.11. The number of hydrogen-bond acceptors (Lipinski definition) is 3. The van der Waals surface area contributed by atoms with E-state index < -0.39 is 0 Å². The summed E-state index contributed by atoms with van der Waals surface area (Å²) in [6.07, 6.45) is 5.12. The first kappa shape index (κ1) is 18.9. The van der Waals surface area contributed by atoms with E-state index in [2.05, 4.69) is 22.2 Å². The Morgan fingerprint density at radius 1 is 1.36 bits per heavy atom. The van der Waals surface area contributed by atoms with Gasteiger partial charge in [-0.2, -0.15) is 0 Å². The van der Waals surface area contributed by atoms with Crippen LogP contribution in [0.4, 0.5) is 5.69 Å². The van der Waals surface area contributed by atoms with Gasteiger partial charge in [-0.15, -0.1) is 0 Å². The number of anilines is 1. The Morgan fingerprint density at radius 2 is 2.12 bits per heavy atom. The molecule has 4 nitrogen and oxygen atoms in total. The highest BCUT2D eigenvalue weighted by Crippen LogP contribution is 2.22. The lowest BCUT2D eigenvalue weighted by Gasteiger charge is -2.38. The quantitative estimate of drug-likeness (QED) is 0.798. The van der Waals surface area contributed by atoms with Gasteiger partial charge in [0.25, 0.3) is 0 Å². The molecule has 0 spiro atoms. The minimum Gasteiger partial charge on any atom is -0.377 e. The van der Waals surface area contributed by atoms with E-state index in [1.807, 2.05) is 25.1 Å². The fourth-order valence-electron chi connectivity index (χ4n) is 3.64. The summed E-state index contributed by atoms with van der Waals surface area (Å²) >= 11 is 11.8. The van der Waals surface area contributed by atoms with Crippen LogP contribution in [-0.2, 0) is 4.74 Å². The number of likely N-dealkylation sites (N-methyl/N-ethyl adjacent to an activating group) is 1. The molecule has 1 aromatic carbocycles. The van der Waals surface area contributed by atoms with Crippen molar-refractivity contribution >= 4 is 34.6 Å². The lowest BCUT2D eigenvalue weighted by molar-refractivity contribution is 0.0576. The van der Waals surface area contributed by atoms with Crippen LogP contribution < -0.4 is 5.32 Å². The van der Waals surface area contributed by atoms with Crippen molar-refractivity contribution in [2.24, 2.45) is 0 Å². The largest absolute Gasteiger partial charge is 0.377 e. The summed E-state index contributed by atoms with van der Waals surface area (Å²) in [5.41, 5.74) is 2.03. The van der Waals surface area contributed by atoms with Crippen LogP contribution in [0.15, 0.2) is 18.2 Å². The standard InChI is InChI=1S/C19H28ClN3OS/c1-14-5-6-15(12-18(14)20)21-19(25)23-9-7-16(8-10-23)22(2)13-17-4-3-11-24-17/h5-6,12,16-17H,3-4,7-11,13H2,1-2H3,(H,21,25)/t17-/m0/s1. The van der Waals surface area contributed by atoms with Gasteiger partial charge in [-0.1, -0.05) is 17.7 Å². The minimum absolute atomic E-state index is 0.428. The van der Waals surface area contributed by atoms with E-state index in [1.165, 1.54) is 12.8 Å². The van der Waals surface area contributed by atoms with Gasteiger partial charge < -0.3 is 19.9 Å². The van der Waals surface area contributed by atoms with Gasteiger partial charge in [0.2, 0.25) is 0 Å². The zero-order valence-corrected chi connectivity index (χ0v) is 16.7. The minimum atomic E-state index is 0.428. The van der Waals surface area contributed by atoms with Crippen molar-refractivity contribution in [2.75, 3.05) is 38.6 Å². The number of rotatable bonds is 4. The molecule has 138 valence electrons. The second kappa shape index (κ2) is 8.67. The van der Waals surface area contributed by atoms with Crippen molar-refractivity contribution < 1.29 is 4.74 Å². The summed E-state index contributed by atoms with van der Waals surface area (Å²) < 4.78 is 5.76. The number of ether oxygens (including phenoxy) is 1. The van der Waals surface area contributed by atoms with Crippen LogP contribution in [0.1, 0.15) is 31.2 Å². The number of nitrogens with zero attached hydrogens (tertiary/aromatic N) is 2. The summed E-state index contributed by atoms with van der Waals surface area (Å²) in [6, 6.07) is 6.60. The number of nitrogens with one attached hydrogen (secondary N) is 1. The number of piperidine rings is 1. The lowest BCUT2D eigenvalue weighted by Crippen LogP contribution is -2.48. The van der Waals surface area contributed by atoms with E-state index in [0.717, 1.165) is 60.5 Å². The van der Waals surface area contributed by atoms with Crippen molar-refractivity contribution in [3.63, 3.8) is 0 Å². The van der Waals surface area contributed by atoms with Crippen LogP contribution in [0.2, 0.25) is 5.02 Å². The number of aryl methyl sites for hydroxylation is 1. The highest BCUT2D eigenvalue weighted by atomic mass is 35.5. The van der Waals surface area contributed by atoms with Crippen LogP contribution in [0, 0.1) is 6.92 Å². The van der Waals surface area contributed by atoms with Gasteiger partial charge in [0.1, 0.15) is 0 Å². The van der Waals surface area contributed by atoms with E-state index in [-0.39, 0.29) is 0 Å². The molecular weight excluding hydrogens is 354 g/mol. The predicted octanol–water partition coefficient (Wildman–Crippen LogP) is 3.92. The second-order valence-corrected chi connectivity index (χ2v) is 7.98. The third-order valence-corrected chi connectivity index (χ3v) is 6.08. The zero-order valence-electron chi connectivity index (χ0n) is 15.1. The molecule has 0 aliphatic carbocycles. The Bertz CT molecular complexity index is 598. The monoisotopic (exact) mass is 381 g/mol. The molecule has 25 heavy (non-hydrogen) atoms. The number of halogens is 1. The van der Waals surface area contributed by atoms with Gasteiger partial charge in [0, 0.05) is 43.0 Å². The van der Waals surface area contributed by atoms with E-state index in [9.17, 15) is 0 Å². The van der Waals surface area contributed by atoms with Gasteiger partial charge in [-0.3, -0.25) is 0 Å². The van der Waals surface area contributed by atoms with Crippen LogP contribution in [0.5, 0.6) is 0 Å². The topological polar surface area (TPSA) is 27.7 Å². The SMILES string of the molecule is Cc1ccc(NC(=S)N2CCC(N(C)C[C@@H]3CCCO3)CC2)cc1Cl. The first-order chi connectivity index (χ1) is 12.0. The van der Waals surface area contributed by atoms with Crippen LogP contribution >= 0.6 is 23.8 Å². The Morgan fingerprint density at radius 3 is 2.76 bits per heavy atom. The van der Waals surface area contributed by atoms with Crippen molar-refractivity contribution in [3.8, 4) is 0 Å². The molecule has 2 saturated heterocycles. The summed E-state index contributed by atoms with van der Waals surface area (Å²) in [4.78, 5) is 4.74. The van der Waals surface area contributed by atoms with Crippen molar-refractivity contribution in [2.45, 2.75) is 44.8 Å². The molecule has 0 radical (unpaired) electrons. The molecule has 2 heterocycles. The molecule has 2 aliphatic heterocycles. The second-order valence-electron chi connectivity index (χ2n) is 7.19. The highest BCUT2D eigenvalue weighted by Gasteiger charge is 2.26. The van der Waals surface area contributed by atoms with Crippen molar-refractivity contribution in [1.82, 2.24) is 9.80 Å². The van der Waals surface area contributed by atoms with Crippen molar-refractivity contribution in [3.05, 3.63) is 28.8 Å². The number of likely N-dealkylation sites (tertiary alicyclic amines) is 1. The van der Waals surface area contributed by atoms with Crippen LogP contribution in [0.3, 0.4) is 0 Å². The Hall–Kier alpha value is -0.880. The summed E-state index contributed by atoms with van der Waals surface area (Å²) in [7, 11) is 2.23. The van der Waals surface area contributed by atoms with E-state index in [1.54, 1.807) is 0 Å². The first-order valence-electron chi connectivity index (χ1n) is 9.17.